The van der Waals surface area contributed by atoms with Crippen LogP contribution in [0.3, 0.4) is 0 Å². The molecule has 0 aromatic carbocycles. The van der Waals surface area contributed by atoms with Crippen molar-refractivity contribution in [1.82, 2.24) is 10.2 Å². The first-order valence-electron chi connectivity index (χ1n) is 6.63. The van der Waals surface area contributed by atoms with Crippen LogP contribution in [0.4, 0.5) is 0 Å². The zero-order valence-electron chi connectivity index (χ0n) is 12.0. The Morgan fingerprint density at radius 1 is 1.00 bits per heavy atom. The maximum Gasteiger partial charge on any atom is 0.0278 e. The van der Waals surface area contributed by atoms with Crippen molar-refractivity contribution in [3.05, 3.63) is 0 Å². The second-order valence-corrected chi connectivity index (χ2v) is 6.96. The highest BCUT2D eigenvalue weighted by molar-refractivity contribution is 5.24. The first-order chi connectivity index (χ1) is 7.20. The van der Waals surface area contributed by atoms with Gasteiger partial charge in [0.1, 0.15) is 0 Å². The summed E-state index contributed by atoms with van der Waals surface area (Å²) in [6.07, 6.45) is 2.72. The van der Waals surface area contributed by atoms with Gasteiger partial charge in [0, 0.05) is 23.0 Å². The highest BCUT2D eigenvalue weighted by atomic mass is 15.2. The van der Waals surface area contributed by atoms with Gasteiger partial charge in [0.15, 0.2) is 0 Å². The second-order valence-electron chi connectivity index (χ2n) is 6.96. The van der Waals surface area contributed by atoms with E-state index in [-0.39, 0.29) is 0 Å². The molecular weight excluding hydrogens is 196 g/mol. The molecule has 3 unspecified atom stereocenters. The van der Waals surface area contributed by atoms with Crippen LogP contribution in [-0.4, -0.2) is 36.6 Å². The van der Waals surface area contributed by atoms with Crippen molar-refractivity contribution in [3.63, 3.8) is 0 Å². The summed E-state index contributed by atoms with van der Waals surface area (Å²) in [4.78, 5) is 2.48. The van der Waals surface area contributed by atoms with Crippen LogP contribution in [0.1, 0.15) is 47.5 Å². The third-order valence-electron chi connectivity index (χ3n) is 6.33. The Morgan fingerprint density at radius 2 is 1.50 bits per heavy atom. The van der Waals surface area contributed by atoms with E-state index in [0.29, 0.717) is 28.5 Å². The zero-order chi connectivity index (χ0) is 12.4. The molecule has 0 bridgehead atoms. The molecule has 2 nitrogen and oxygen atoms in total. The summed E-state index contributed by atoms with van der Waals surface area (Å²) in [6.45, 7) is 12.1. The van der Waals surface area contributed by atoms with Crippen LogP contribution in [0.15, 0.2) is 0 Å². The molecule has 1 saturated carbocycles. The van der Waals surface area contributed by atoms with Crippen molar-refractivity contribution in [1.29, 1.82) is 0 Å². The molecule has 94 valence electrons. The molecule has 1 aliphatic heterocycles. The van der Waals surface area contributed by atoms with Gasteiger partial charge >= 0.3 is 0 Å². The van der Waals surface area contributed by atoms with Crippen LogP contribution in [0.25, 0.3) is 0 Å². The molecule has 0 amide bonds. The van der Waals surface area contributed by atoms with E-state index in [1.165, 1.54) is 12.8 Å². The summed E-state index contributed by atoms with van der Waals surface area (Å²) in [7, 11) is 4.51. The molecule has 1 heterocycles. The largest absolute Gasteiger partial charge is 0.311 e. The molecule has 1 N–H and O–H groups in total. The minimum atomic E-state index is 0.354. The number of rotatable bonds is 2. The van der Waals surface area contributed by atoms with Gasteiger partial charge in [-0.15, -0.1) is 0 Å². The fourth-order valence-corrected chi connectivity index (χ4v) is 4.31. The Morgan fingerprint density at radius 3 is 1.75 bits per heavy atom. The number of hydrogen-bond acceptors (Lipinski definition) is 2. The average Bonchev–Trinajstić information content (AvgIpc) is 2.93. The minimum absolute atomic E-state index is 0.354. The fraction of sp³-hybridized carbons (Fsp3) is 1.00. The van der Waals surface area contributed by atoms with Crippen molar-refractivity contribution in [2.45, 2.75) is 65.1 Å². The molecule has 3 atom stereocenters. The minimum Gasteiger partial charge on any atom is -0.311 e. The smallest absolute Gasteiger partial charge is 0.0278 e. The molecule has 2 fully saturated rings. The maximum absolute atomic E-state index is 3.77. The summed E-state index contributed by atoms with van der Waals surface area (Å²) >= 11 is 0. The van der Waals surface area contributed by atoms with E-state index in [1.807, 2.05) is 0 Å². The predicted molar refractivity (Wildman–Crippen MR) is 69.6 cm³/mol. The van der Waals surface area contributed by atoms with Gasteiger partial charge in [-0.2, -0.15) is 0 Å². The molecule has 0 radical (unpaired) electrons. The summed E-state index contributed by atoms with van der Waals surface area (Å²) in [5.74, 6) is 0. The molecule has 16 heavy (non-hydrogen) atoms. The van der Waals surface area contributed by atoms with Crippen LogP contribution in [0.5, 0.6) is 0 Å². The molecular formula is C14H28N2. The number of hydrogen-bond donors (Lipinski definition) is 1. The second kappa shape index (κ2) is 3.23. The molecule has 2 heteroatoms. The molecule has 2 aliphatic rings. The number of nitrogens with one attached hydrogen (secondary N) is 1. The summed E-state index contributed by atoms with van der Waals surface area (Å²) in [5.41, 5.74) is 1.14. The maximum atomic E-state index is 3.77. The van der Waals surface area contributed by atoms with E-state index in [4.69, 9.17) is 0 Å². The van der Waals surface area contributed by atoms with Crippen molar-refractivity contribution in [2.24, 2.45) is 10.8 Å². The Labute approximate surface area is 101 Å². The summed E-state index contributed by atoms with van der Waals surface area (Å²) in [6, 6.07) is 1.20. The topological polar surface area (TPSA) is 15.3 Å². The van der Waals surface area contributed by atoms with Crippen LogP contribution in [-0.2, 0) is 0 Å². The molecule has 1 aliphatic carbocycles. The quantitative estimate of drug-likeness (QED) is 0.775. The third-order valence-corrected chi connectivity index (χ3v) is 6.33. The first kappa shape index (κ1) is 12.4. The summed E-state index contributed by atoms with van der Waals surface area (Å²) < 4.78 is 0. The Kier molecular flexibility index (Phi) is 2.50. The standard InChI is InChI=1S/C14H28N2/c1-10-12(3,4)13(5,11(2)15-10)14(8-9-14)16(6)7/h10-11,15H,8-9H2,1-7H3. The van der Waals surface area contributed by atoms with Gasteiger partial charge < -0.3 is 10.2 Å². The first-order valence-corrected chi connectivity index (χ1v) is 6.63. The van der Waals surface area contributed by atoms with Gasteiger partial charge in [-0.05, 0) is 46.2 Å². The van der Waals surface area contributed by atoms with Crippen LogP contribution in [0, 0.1) is 10.8 Å². The lowest BCUT2D eigenvalue weighted by Gasteiger charge is -2.51. The van der Waals surface area contributed by atoms with Gasteiger partial charge in [-0.25, -0.2) is 0 Å². The highest BCUT2D eigenvalue weighted by Gasteiger charge is 2.69. The van der Waals surface area contributed by atoms with Crippen molar-refractivity contribution in [3.8, 4) is 0 Å². The van der Waals surface area contributed by atoms with E-state index in [1.54, 1.807) is 0 Å². The molecule has 1 saturated heterocycles. The van der Waals surface area contributed by atoms with Crippen molar-refractivity contribution in [2.75, 3.05) is 14.1 Å². The lowest BCUT2D eigenvalue weighted by Crippen LogP contribution is -2.56. The number of nitrogens with zero attached hydrogens (tertiary/aromatic N) is 1. The van der Waals surface area contributed by atoms with Gasteiger partial charge in [0.05, 0.1) is 0 Å². The zero-order valence-corrected chi connectivity index (χ0v) is 12.0. The van der Waals surface area contributed by atoms with E-state index < -0.39 is 0 Å². The monoisotopic (exact) mass is 224 g/mol. The SMILES string of the molecule is CC1NC(C)C(C)(C2(N(C)C)CC2)C1(C)C. The Balaban J connectivity index is 2.44. The molecule has 0 spiro atoms. The van der Waals surface area contributed by atoms with E-state index in [2.05, 4.69) is 58.9 Å². The van der Waals surface area contributed by atoms with Gasteiger partial charge in [0.25, 0.3) is 0 Å². The Hall–Kier alpha value is -0.0800. The molecule has 0 aromatic rings. The van der Waals surface area contributed by atoms with Crippen LogP contribution < -0.4 is 5.32 Å². The predicted octanol–water partition coefficient (Wildman–Crippen LogP) is 2.49. The van der Waals surface area contributed by atoms with Crippen LogP contribution >= 0.6 is 0 Å². The van der Waals surface area contributed by atoms with Crippen molar-refractivity contribution < 1.29 is 0 Å². The highest BCUT2D eigenvalue weighted by Crippen LogP contribution is 2.65. The van der Waals surface area contributed by atoms with Gasteiger partial charge in [-0.1, -0.05) is 20.8 Å². The van der Waals surface area contributed by atoms with Crippen LogP contribution in [0.2, 0.25) is 0 Å². The van der Waals surface area contributed by atoms with E-state index >= 15 is 0 Å². The van der Waals surface area contributed by atoms with Crippen molar-refractivity contribution >= 4 is 0 Å². The lowest BCUT2D eigenvalue weighted by atomic mass is 9.58. The molecule has 2 rings (SSSR count). The summed E-state index contributed by atoms with van der Waals surface area (Å²) in [5, 5.41) is 3.77. The normalized spacial score (nSPS) is 45.0. The van der Waals surface area contributed by atoms with E-state index in [0.717, 1.165) is 0 Å². The Bertz CT molecular complexity index is 291. The van der Waals surface area contributed by atoms with Gasteiger partial charge in [-0.3, -0.25) is 0 Å². The average molecular weight is 224 g/mol. The lowest BCUT2D eigenvalue weighted by molar-refractivity contribution is -0.00463. The van der Waals surface area contributed by atoms with E-state index in [9.17, 15) is 0 Å². The molecule has 0 aromatic heterocycles. The fourth-order valence-electron chi connectivity index (χ4n) is 4.31. The van der Waals surface area contributed by atoms with Gasteiger partial charge in [0.2, 0.25) is 0 Å². The third kappa shape index (κ3) is 1.15.